The molecule has 2 aromatic rings. The predicted octanol–water partition coefficient (Wildman–Crippen LogP) is 3.29. The zero-order valence-corrected chi connectivity index (χ0v) is 17.0. The van der Waals surface area contributed by atoms with E-state index in [2.05, 4.69) is 4.72 Å². The Morgan fingerprint density at radius 2 is 1.64 bits per heavy atom. The molecule has 1 aliphatic heterocycles. The molecule has 0 fully saturated rings. The van der Waals surface area contributed by atoms with Crippen molar-refractivity contribution in [2.24, 2.45) is 0 Å². The topological polar surface area (TPSA) is 83.1 Å². The van der Waals surface area contributed by atoms with E-state index in [4.69, 9.17) is 18.9 Å². The molecule has 1 aliphatic rings. The molecule has 0 radical (unpaired) electrons. The van der Waals surface area contributed by atoms with Crippen LogP contribution < -0.4 is 23.7 Å². The van der Waals surface area contributed by atoms with Crippen molar-refractivity contribution in [1.29, 1.82) is 0 Å². The Bertz CT molecular complexity index is 928. The van der Waals surface area contributed by atoms with Crippen LogP contribution in [0, 0.1) is 0 Å². The van der Waals surface area contributed by atoms with Crippen molar-refractivity contribution < 1.29 is 27.4 Å². The summed E-state index contributed by atoms with van der Waals surface area (Å²) in [5.74, 6) is 2.20. The van der Waals surface area contributed by atoms with E-state index in [1.165, 1.54) is 12.1 Å². The highest BCUT2D eigenvalue weighted by atomic mass is 32.2. The minimum atomic E-state index is -3.74. The Kier molecular flexibility index (Phi) is 6.31. The van der Waals surface area contributed by atoms with Gasteiger partial charge >= 0.3 is 0 Å². The molecule has 0 saturated heterocycles. The molecule has 2 aromatic carbocycles. The van der Waals surface area contributed by atoms with Crippen molar-refractivity contribution >= 4 is 10.0 Å². The second kappa shape index (κ2) is 8.70. The highest BCUT2D eigenvalue weighted by Crippen LogP contribution is 2.34. The number of sulfonamides is 1. The van der Waals surface area contributed by atoms with Gasteiger partial charge in [0.2, 0.25) is 10.0 Å². The fourth-order valence-electron chi connectivity index (χ4n) is 2.90. The molecule has 1 heterocycles. The second-order valence-corrected chi connectivity index (χ2v) is 7.93. The van der Waals surface area contributed by atoms with Gasteiger partial charge in [-0.15, -0.1) is 0 Å². The maximum Gasteiger partial charge on any atom is 0.241 e. The van der Waals surface area contributed by atoms with Crippen LogP contribution in [0.15, 0.2) is 41.3 Å². The molecule has 0 unspecified atom stereocenters. The summed E-state index contributed by atoms with van der Waals surface area (Å²) in [7, 11) is -3.74. The Hall–Kier alpha value is -2.45. The van der Waals surface area contributed by atoms with E-state index in [0.717, 1.165) is 5.56 Å². The summed E-state index contributed by atoms with van der Waals surface area (Å²) in [5.41, 5.74) is 0.771. The number of nitrogens with one attached hydrogen (secondary N) is 1. The number of ether oxygens (including phenoxy) is 4. The molecular formula is C20H25NO6S. The maximum atomic E-state index is 12.8. The van der Waals surface area contributed by atoms with Gasteiger partial charge in [-0.05, 0) is 50.6 Å². The molecule has 0 bridgehead atoms. The average Bonchev–Trinajstić information content (AvgIpc) is 2.69. The monoisotopic (exact) mass is 407 g/mol. The van der Waals surface area contributed by atoms with E-state index >= 15 is 0 Å². The van der Waals surface area contributed by atoms with Crippen LogP contribution in [0.5, 0.6) is 23.0 Å². The van der Waals surface area contributed by atoms with Crippen molar-refractivity contribution in [3.05, 3.63) is 42.0 Å². The molecule has 0 saturated carbocycles. The van der Waals surface area contributed by atoms with Crippen LogP contribution in [-0.4, -0.2) is 34.8 Å². The summed E-state index contributed by atoms with van der Waals surface area (Å²) in [6, 6.07) is 9.54. The van der Waals surface area contributed by atoms with Gasteiger partial charge in [0.1, 0.15) is 13.2 Å². The minimum absolute atomic E-state index is 0.125. The van der Waals surface area contributed by atoms with Crippen molar-refractivity contribution in [3.8, 4) is 23.0 Å². The fourth-order valence-corrected chi connectivity index (χ4v) is 4.14. The zero-order chi connectivity index (χ0) is 20.1. The normalized spacial score (nSPS) is 14.4. The van der Waals surface area contributed by atoms with E-state index in [-0.39, 0.29) is 4.90 Å². The van der Waals surface area contributed by atoms with Gasteiger partial charge in [0.15, 0.2) is 23.0 Å². The largest absolute Gasteiger partial charge is 0.490 e. The van der Waals surface area contributed by atoms with Crippen LogP contribution in [0.1, 0.15) is 32.4 Å². The Labute approximate surface area is 165 Å². The van der Waals surface area contributed by atoms with Gasteiger partial charge in [-0.3, -0.25) is 0 Å². The molecule has 1 N–H and O–H groups in total. The Morgan fingerprint density at radius 1 is 0.964 bits per heavy atom. The third-order valence-electron chi connectivity index (χ3n) is 4.22. The minimum Gasteiger partial charge on any atom is -0.490 e. The van der Waals surface area contributed by atoms with Gasteiger partial charge in [-0.25, -0.2) is 13.1 Å². The van der Waals surface area contributed by atoms with Gasteiger partial charge < -0.3 is 18.9 Å². The summed E-state index contributed by atoms with van der Waals surface area (Å²) in [5, 5.41) is 0. The van der Waals surface area contributed by atoms with Crippen molar-refractivity contribution in [1.82, 2.24) is 4.72 Å². The maximum absolute atomic E-state index is 12.8. The fraction of sp³-hybridized carbons (Fsp3) is 0.400. The molecule has 0 aromatic heterocycles. The molecule has 0 amide bonds. The smallest absolute Gasteiger partial charge is 0.241 e. The average molecular weight is 407 g/mol. The van der Waals surface area contributed by atoms with Gasteiger partial charge in [0.25, 0.3) is 0 Å². The van der Waals surface area contributed by atoms with Crippen LogP contribution in [0.4, 0.5) is 0 Å². The van der Waals surface area contributed by atoms with E-state index in [1.807, 2.05) is 19.9 Å². The highest BCUT2D eigenvalue weighted by Gasteiger charge is 2.22. The van der Waals surface area contributed by atoms with Crippen molar-refractivity contribution in [2.75, 3.05) is 26.4 Å². The van der Waals surface area contributed by atoms with Crippen molar-refractivity contribution in [3.63, 3.8) is 0 Å². The van der Waals surface area contributed by atoms with Crippen LogP contribution in [0.3, 0.4) is 0 Å². The van der Waals surface area contributed by atoms with Crippen LogP contribution in [-0.2, 0) is 10.0 Å². The SMILES string of the molecule is CCOc1ccc([C@H](C)NS(=O)(=O)c2ccc3c(c2)OCCO3)cc1OCC. The first-order chi connectivity index (χ1) is 13.4. The number of benzene rings is 2. The van der Waals surface area contributed by atoms with E-state index in [0.29, 0.717) is 49.4 Å². The Balaban J connectivity index is 1.81. The van der Waals surface area contributed by atoms with Gasteiger partial charge in [-0.1, -0.05) is 6.07 Å². The molecule has 1 atom stereocenters. The zero-order valence-electron chi connectivity index (χ0n) is 16.2. The number of hydrogen-bond donors (Lipinski definition) is 1. The number of hydrogen-bond acceptors (Lipinski definition) is 6. The lowest BCUT2D eigenvalue weighted by molar-refractivity contribution is 0.171. The first-order valence-corrected chi connectivity index (χ1v) is 10.7. The molecular weight excluding hydrogens is 382 g/mol. The van der Waals surface area contributed by atoms with Crippen molar-refractivity contribution in [2.45, 2.75) is 31.7 Å². The quantitative estimate of drug-likeness (QED) is 0.723. The molecule has 152 valence electrons. The molecule has 28 heavy (non-hydrogen) atoms. The third-order valence-corrected chi connectivity index (χ3v) is 5.76. The lowest BCUT2D eigenvalue weighted by Gasteiger charge is -2.20. The number of rotatable bonds is 8. The van der Waals surface area contributed by atoms with E-state index in [1.54, 1.807) is 25.1 Å². The summed E-state index contributed by atoms with van der Waals surface area (Å²) in [6.45, 7) is 7.42. The molecule has 8 heteroatoms. The van der Waals surface area contributed by atoms with Gasteiger partial charge in [0, 0.05) is 12.1 Å². The third kappa shape index (κ3) is 4.51. The Morgan fingerprint density at radius 3 is 2.36 bits per heavy atom. The van der Waals surface area contributed by atoms with Gasteiger partial charge in [0.05, 0.1) is 18.1 Å². The first-order valence-electron chi connectivity index (χ1n) is 9.26. The highest BCUT2D eigenvalue weighted by molar-refractivity contribution is 7.89. The standard InChI is InChI=1S/C20H25NO6S/c1-4-24-17-8-6-15(12-19(17)25-5-2)14(3)21-28(22,23)16-7-9-18-20(13-16)27-11-10-26-18/h6-9,12-14,21H,4-5,10-11H2,1-3H3/t14-/m0/s1. The summed E-state index contributed by atoms with van der Waals surface area (Å²) >= 11 is 0. The molecule has 3 rings (SSSR count). The van der Waals surface area contributed by atoms with Crippen LogP contribution in [0.2, 0.25) is 0 Å². The first kappa shape index (κ1) is 20.3. The molecule has 0 spiro atoms. The van der Waals surface area contributed by atoms with E-state index in [9.17, 15) is 8.42 Å². The molecule has 7 nitrogen and oxygen atoms in total. The second-order valence-electron chi connectivity index (χ2n) is 6.22. The lowest BCUT2D eigenvalue weighted by Crippen LogP contribution is -2.27. The van der Waals surface area contributed by atoms with Crippen LogP contribution >= 0.6 is 0 Å². The van der Waals surface area contributed by atoms with E-state index < -0.39 is 16.1 Å². The number of fused-ring (bicyclic) bond motifs is 1. The van der Waals surface area contributed by atoms with Crippen LogP contribution in [0.25, 0.3) is 0 Å². The summed E-state index contributed by atoms with van der Waals surface area (Å²) in [6.07, 6.45) is 0. The molecule has 0 aliphatic carbocycles. The lowest BCUT2D eigenvalue weighted by atomic mass is 10.1. The van der Waals surface area contributed by atoms with Gasteiger partial charge in [-0.2, -0.15) is 0 Å². The summed E-state index contributed by atoms with van der Waals surface area (Å²) < 4.78 is 50.4. The summed E-state index contributed by atoms with van der Waals surface area (Å²) in [4.78, 5) is 0.125. The predicted molar refractivity (Wildman–Crippen MR) is 105 cm³/mol.